The molecule has 0 saturated carbocycles. The number of ether oxygens (including phenoxy) is 1. The number of likely N-dealkylation sites (N-methyl/N-ethyl adjacent to an activating group) is 1. The van der Waals surface area contributed by atoms with Crippen molar-refractivity contribution in [3.8, 4) is 0 Å². The molecule has 0 aliphatic heterocycles. The fourth-order valence-electron chi connectivity index (χ4n) is 2.04. The third kappa shape index (κ3) is 3.63. The Labute approximate surface area is 127 Å². The maximum Gasteiger partial charge on any atom is 0.410 e. The minimum atomic E-state index is -1.15. The minimum absolute atomic E-state index is 0.0867. The Morgan fingerprint density at radius 2 is 2.05 bits per heavy atom. The lowest BCUT2D eigenvalue weighted by molar-refractivity contribution is -0.142. The van der Waals surface area contributed by atoms with E-state index >= 15 is 0 Å². The molecule has 0 aliphatic rings. The summed E-state index contributed by atoms with van der Waals surface area (Å²) in [4.78, 5) is 24.5. The molecule has 0 aliphatic carbocycles. The number of carboxylic acid groups (broad SMARTS) is 1. The summed E-state index contributed by atoms with van der Waals surface area (Å²) < 4.78 is 6.63. The van der Waals surface area contributed by atoms with Crippen molar-refractivity contribution in [2.75, 3.05) is 7.05 Å². The molecule has 1 unspecified atom stereocenters. The summed E-state index contributed by atoms with van der Waals surface area (Å²) in [7, 11) is 3.06. The van der Waals surface area contributed by atoms with Crippen LogP contribution in [0.3, 0.4) is 0 Å². The van der Waals surface area contributed by atoms with Gasteiger partial charge in [-0.3, -0.25) is 9.58 Å². The highest BCUT2D eigenvalue weighted by Crippen LogP contribution is 2.20. The van der Waals surface area contributed by atoms with Crippen LogP contribution in [0, 0.1) is 0 Å². The number of aromatic nitrogens is 2. The Hall–Kier alpha value is -2.83. The molecule has 7 heteroatoms. The van der Waals surface area contributed by atoms with Crippen molar-refractivity contribution in [2.24, 2.45) is 7.05 Å². The van der Waals surface area contributed by atoms with Gasteiger partial charge in [-0.15, -0.1) is 0 Å². The molecule has 1 N–H and O–H groups in total. The average molecular weight is 303 g/mol. The van der Waals surface area contributed by atoms with Crippen LogP contribution in [0.25, 0.3) is 0 Å². The molecule has 2 aromatic rings. The molecular formula is C15H17N3O4. The SMILES string of the molecule is CN(C(=O)OCc1ccccc1)C(C(=O)O)c1cnn(C)c1. The second-order valence-corrected chi connectivity index (χ2v) is 4.84. The van der Waals surface area contributed by atoms with Crippen molar-refractivity contribution < 1.29 is 19.4 Å². The van der Waals surface area contributed by atoms with Crippen LogP contribution in [0.15, 0.2) is 42.7 Å². The van der Waals surface area contributed by atoms with Gasteiger partial charge in [0, 0.05) is 25.9 Å². The van der Waals surface area contributed by atoms with E-state index in [1.54, 1.807) is 13.2 Å². The molecule has 7 nitrogen and oxygen atoms in total. The maximum atomic E-state index is 12.1. The number of hydrogen-bond donors (Lipinski definition) is 1. The highest BCUT2D eigenvalue weighted by Gasteiger charge is 2.30. The number of benzene rings is 1. The molecule has 1 aromatic carbocycles. The van der Waals surface area contributed by atoms with Gasteiger partial charge in [0.05, 0.1) is 6.20 Å². The van der Waals surface area contributed by atoms with Crippen molar-refractivity contribution in [3.63, 3.8) is 0 Å². The van der Waals surface area contributed by atoms with E-state index in [1.165, 1.54) is 17.9 Å². The van der Waals surface area contributed by atoms with E-state index in [2.05, 4.69) is 5.10 Å². The number of aryl methyl sites for hydroxylation is 1. The zero-order valence-corrected chi connectivity index (χ0v) is 12.3. The van der Waals surface area contributed by atoms with Gasteiger partial charge >= 0.3 is 12.1 Å². The highest BCUT2D eigenvalue weighted by molar-refractivity contribution is 5.81. The molecule has 116 valence electrons. The lowest BCUT2D eigenvalue weighted by Crippen LogP contribution is -2.36. The second kappa shape index (κ2) is 6.75. The van der Waals surface area contributed by atoms with Gasteiger partial charge in [-0.05, 0) is 5.56 Å². The van der Waals surface area contributed by atoms with E-state index in [0.717, 1.165) is 10.5 Å². The Balaban J connectivity index is 2.05. The molecule has 0 saturated heterocycles. The Kier molecular flexibility index (Phi) is 4.77. The van der Waals surface area contributed by atoms with Crippen molar-refractivity contribution in [3.05, 3.63) is 53.9 Å². The standard InChI is InChI=1S/C15H17N3O4/c1-17-9-12(8-16-17)13(14(19)20)18(2)15(21)22-10-11-6-4-3-5-7-11/h3-9,13H,10H2,1-2H3,(H,19,20). The summed E-state index contributed by atoms with van der Waals surface area (Å²) in [5, 5.41) is 13.3. The van der Waals surface area contributed by atoms with Gasteiger partial charge in [-0.2, -0.15) is 5.10 Å². The van der Waals surface area contributed by atoms with E-state index in [1.807, 2.05) is 30.3 Å². The zero-order chi connectivity index (χ0) is 16.1. The first-order valence-electron chi connectivity index (χ1n) is 6.64. The zero-order valence-electron chi connectivity index (χ0n) is 12.3. The largest absolute Gasteiger partial charge is 0.479 e. The van der Waals surface area contributed by atoms with E-state index < -0.39 is 18.1 Å². The summed E-state index contributed by atoms with van der Waals surface area (Å²) in [6, 6.07) is 8.04. The number of nitrogens with zero attached hydrogens (tertiary/aromatic N) is 3. The second-order valence-electron chi connectivity index (χ2n) is 4.84. The molecule has 2 rings (SSSR count). The lowest BCUT2D eigenvalue weighted by atomic mass is 10.1. The number of rotatable bonds is 5. The third-order valence-electron chi connectivity index (χ3n) is 3.15. The topological polar surface area (TPSA) is 84.7 Å². The number of hydrogen-bond acceptors (Lipinski definition) is 4. The number of amides is 1. The number of carboxylic acids is 1. The van der Waals surface area contributed by atoms with Crippen molar-refractivity contribution in [1.82, 2.24) is 14.7 Å². The monoisotopic (exact) mass is 303 g/mol. The van der Waals surface area contributed by atoms with Crippen LogP contribution in [-0.4, -0.2) is 38.9 Å². The number of aliphatic carboxylic acids is 1. The molecule has 1 atom stereocenters. The summed E-state index contributed by atoms with van der Waals surface area (Å²) in [6.45, 7) is 0.0867. The Morgan fingerprint density at radius 1 is 1.36 bits per heavy atom. The minimum Gasteiger partial charge on any atom is -0.479 e. The fourth-order valence-corrected chi connectivity index (χ4v) is 2.04. The Morgan fingerprint density at radius 3 is 2.59 bits per heavy atom. The molecule has 0 fully saturated rings. The van der Waals surface area contributed by atoms with Gasteiger partial charge in [-0.25, -0.2) is 9.59 Å². The predicted molar refractivity (Wildman–Crippen MR) is 78.0 cm³/mol. The van der Waals surface area contributed by atoms with Crippen LogP contribution in [0.5, 0.6) is 0 Å². The molecule has 1 heterocycles. The fraction of sp³-hybridized carbons (Fsp3) is 0.267. The summed E-state index contributed by atoms with van der Waals surface area (Å²) in [5.74, 6) is -1.15. The number of carbonyl (C=O) groups excluding carboxylic acids is 1. The predicted octanol–water partition coefficient (Wildman–Crippen LogP) is 1.81. The summed E-state index contributed by atoms with van der Waals surface area (Å²) in [5.41, 5.74) is 1.24. The van der Waals surface area contributed by atoms with Gasteiger partial charge in [0.1, 0.15) is 6.61 Å². The van der Waals surface area contributed by atoms with Crippen LogP contribution in [0.4, 0.5) is 4.79 Å². The molecule has 0 bridgehead atoms. The van der Waals surface area contributed by atoms with Crippen LogP contribution >= 0.6 is 0 Å². The van der Waals surface area contributed by atoms with Crippen LogP contribution in [0.1, 0.15) is 17.2 Å². The van der Waals surface area contributed by atoms with Crippen molar-refractivity contribution >= 4 is 12.1 Å². The summed E-state index contributed by atoms with van der Waals surface area (Å²) in [6.07, 6.45) is 2.26. The van der Waals surface area contributed by atoms with Crippen LogP contribution < -0.4 is 0 Å². The van der Waals surface area contributed by atoms with E-state index in [-0.39, 0.29) is 6.61 Å². The van der Waals surface area contributed by atoms with E-state index in [0.29, 0.717) is 5.56 Å². The van der Waals surface area contributed by atoms with Gasteiger partial charge in [0.2, 0.25) is 0 Å². The van der Waals surface area contributed by atoms with Crippen molar-refractivity contribution in [1.29, 1.82) is 0 Å². The van der Waals surface area contributed by atoms with Gasteiger partial charge in [0.25, 0.3) is 0 Å². The normalized spacial score (nSPS) is 11.7. The molecular weight excluding hydrogens is 286 g/mol. The van der Waals surface area contributed by atoms with Crippen LogP contribution in [0.2, 0.25) is 0 Å². The summed E-state index contributed by atoms with van der Waals surface area (Å²) >= 11 is 0. The maximum absolute atomic E-state index is 12.1. The van der Waals surface area contributed by atoms with E-state index in [4.69, 9.17) is 4.74 Å². The van der Waals surface area contributed by atoms with Crippen LogP contribution in [-0.2, 0) is 23.2 Å². The number of carbonyl (C=O) groups is 2. The van der Waals surface area contributed by atoms with E-state index in [9.17, 15) is 14.7 Å². The smallest absolute Gasteiger partial charge is 0.410 e. The molecule has 1 amide bonds. The highest BCUT2D eigenvalue weighted by atomic mass is 16.6. The van der Waals surface area contributed by atoms with Gasteiger partial charge in [0.15, 0.2) is 6.04 Å². The molecule has 22 heavy (non-hydrogen) atoms. The average Bonchev–Trinajstić information content (AvgIpc) is 2.91. The van der Waals surface area contributed by atoms with Crippen molar-refractivity contribution in [2.45, 2.75) is 12.6 Å². The molecule has 0 radical (unpaired) electrons. The first-order valence-corrected chi connectivity index (χ1v) is 6.64. The molecule has 1 aromatic heterocycles. The molecule has 0 spiro atoms. The van der Waals surface area contributed by atoms with Gasteiger partial charge in [-0.1, -0.05) is 30.3 Å². The third-order valence-corrected chi connectivity index (χ3v) is 3.15. The first kappa shape index (κ1) is 15.6. The quantitative estimate of drug-likeness (QED) is 0.910. The Bertz CT molecular complexity index is 654. The lowest BCUT2D eigenvalue weighted by Gasteiger charge is -2.23. The van der Waals surface area contributed by atoms with Gasteiger partial charge < -0.3 is 9.84 Å². The first-order chi connectivity index (χ1) is 10.5.